The number of hydrogen-bond donors (Lipinski definition) is 1. The highest BCUT2D eigenvalue weighted by molar-refractivity contribution is 5.73. The maximum atomic E-state index is 12.5. The molecule has 18 heavy (non-hydrogen) atoms. The SMILES string of the molecule is CCc1ccc(-c2ccc(C(F)(F)F)cc2N)o1. The minimum absolute atomic E-state index is 0.0572. The van der Waals surface area contributed by atoms with Gasteiger partial charge in [-0.3, -0.25) is 0 Å². The van der Waals surface area contributed by atoms with Crippen LogP contribution in [0.5, 0.6) is 0 Å². The van der Waals surface area contributed by atoms with Gasteiger partial charge in [0.25, 0.3) is 0 Å². The van der Waals surface area contributed by atoms with Gasteiger partial charge in [-0.2, -0.15) is 13.2 Å². The number of benzene rings is 1. The Hall–Kier alpha value is -1.91. The number of nitrogens with two attached hydrogens (primary N) is 1. The summed E-state index contributed by atoms with van der Waals surface area (Å²) in [6, 6.07) is 6.74. The van der Waals surface area contributed by atoms with E-state index in [1.807, 2.05) is 6.92 Å². The fourth-order valence-corrected chi connectivity index (χ4v) is 1.68. The molecule has 0 fully saturated rings. The summed E-state index contributed by atoms with van der Waals surface area (Å²) in [5.74, 6) is 1.25. The molecule has 0 aliphatic carbocycles. The second-order valence-electron chi connectivity index (χ2n) is 3.92. The highest BCUT2D eigenvalue weighted by Crippen LogP contribution is 2.35. The third-order valence-corrected chi connectivity index (χ3v) is 2.65. The third kappa shape index (κ3) is 2.34. The predicted molar refractivity (Wildman–Crippen MR) is 62.9 cm³/mol. The summed E-state index contributed by atoms with van der Waals surface area (Å²) < 4.78 is 42.9. The number of alkyl halides is 3. The topological polar surface area (TPSA) is 39.2 Å². The molecule has 5 heteroatoms. The van der Waals surface area contributed by atoms with Crippen LogP contribution in [-0.4, -0.2) is 0 Å². The Morgan fingerprint density at radius 2 is 1.89 bits per heavy atom. The summed E-state index contributed by atoms with van der Waals surface area (Å²) in [5, 5.41) is 0. The molecular formula is C13H12F3NO. The van der Waals surface area contributed by atoms with E-state index >= 15 is 0 Å². The first-order valence-electron chi connectivity index (χ1n) is 5.47. The lowest BCUT2D eigenvalue weighted by Gasteiger charge is -2.09. The second-order valence-corrected chi connectivity index (χ2v) is 3.92. The molecule has 2 nitrogen and oxygen atoms in total. The minimum Gasteiger partial charge on any atom is -0.461 e. The van der Waals surface area contributed by atoms with Crippen LogP contribution in [0.3, 0.4) is 0 Å². The zero-order valence-electron chi connectivity index (χ0n) is 9.71. The lowest BCUT2D eigenvalue weighted by molar-refractivity contribution is -0.137. The van der Waals surface area contributed by atoms with Crippen LogP contribution in [0.15, 0.2) is 34.7 Å². The fourth-order valence-electron chi connectivity index (χ4n) is 1.68. The molecule has 2 rings (SSSR count). The molecule has 0 aliphatic rings. The molecule has 1 heterocycles. The van der Waals surface area contributed by atoms with E-state index in [0.29, 0.717) is 11.3 Å². The number of hydrogen-bond acceptors (Lipinski definition) is 2. The van der Waals surface area contributed by atoms with E-state index in [-0.39, 0.29) is 5.69 Å². The third-order valence-electron chi connectivity index (χ3n) is 2.65. The average Bonchev–Trinajstić information content (AvgIpc) is 2.76. The number of aryl methyl sites for hydroxylation is 1. The van der Waals surface area contributed by atoms with E-state index in [4.69, 9.17) is 10.2 Å². The summed E-state index contributed by atoms with van der Waals surface area (Å²) in [4.78, 5) is 0. The molecule has 0 spiro atoms. The highest BCUT2D eigenvalue weighted by Gasteiger charge is 2.31. The summed E-state index contributed by atoms with van der Waals surface area (Å²) >= 11 is 0. The molecular weight excluding hydrogens is 243 g/mol. The highest BCUT2D eigenvalue weighted by atomic mass is 19.4. The number of nitrogen functional groups attached to an aromatic ring is 1. The normalized spacial score (nSPS) is 11.8. The molecule has 1 aromatic heterocycles. The molecule has 0 radical (unpaired) electrons. The Bertz CT molecular complexity index is 558. The van der Waals surface area contributed by atoms with Crippen molar-refractivity contribution in [3.05, 3.63) is 41.7 Å². The largest absolute Gasteiger partial charge is 0.461 e. The molecule has 0 amide bonds. The molecule has 0 bridgehead atoms. The van der Waals surface area contributed by atoms with Crippen molar-refractivity contribution in [2.45, 2.75) is 19.5 Å². The van der Waals surface area contributed by atoms with E-state index in [9.17, 15) is 13.2 Å². The summed E-state index contributed by atoms with van der Waals surface area (Å²) in [6.07, 6.45) is -3.66. The Morgan fingerprint density at radius 3 is 2.39 bits per heavy atom. The zero-order chi connectivity index (χ0) is 13.3. The first kappa shape index (κ1) is 12.5. The van der Waals surface area contributed by atoms with Crippen molar-refractivity contribution < 1.29 is 17.6 Å². The van der Waals surface area contributed by atoms with E-state index in [0.717, 1.165) is 24.3 Å². The molecule has 0 unspecified atom stereocenters. The number of halogens is 3. The van der Waals surface area contributed by atoms with Crippen LogP contribution in [0.4, 0.5) is 18.9 Å². The molecule has 0 saturated carbocycles. The second kappa shape index (κ2) is 4.40. The van der Waals surface area contributed by atoms with Crippen LogP contribution < -0.4 is 5.73 Å². The van der Waals surface area contributed by atoms with Gasteiger partial charge in [0.2, 0.25) is 0 Å². The first-order valence-corrected chi connectivity index (χ1v) is 5.47. The van der Waals surface area contributed by atoms with Crippen LogP contribution in [0, 0.1) is 0 Å². The Kier molecular flexibility index (Phi) is 3.07. The fraction of sp³-hybridized carbons (Fsp3) is 0.231. The average molecular weight is 255 g/mol. The van der Waals surface area contributed by atoms with Gasteiger partial charge in [0.05, 0.1) is 5.56 Å². The van der Waals surface area contributed by atoms with Gasteiger partial charge in [0.1, 0.15) is 11.5 Å². The minimum atomic E-state index is -4.38. The van der Waals surface area contributed by atoms with Crippen LogP contribution in [0.25, 0.3) is 11.3 Å². The molecule has 2 aromatic rings. The van der Waals surface area contributed by atoms with E-state index in [1.165, 1.54) is 6.07 Å². The van der Waals surface area contributed by atoms with Gasteiger partial charge in [-0.1, -0.05) is 6.92 Å². The summed E-state index contributed by atoms with van der Waals surface area (Å²) in [5.41, 5.74) is 5.41. The summed E-state index contributed by atoms with van der Waals surface area (Å²) in [7, 11) is 0. The van der Waals surface area contributed by atoms with Gasteiger partial charge < -0.3 is 10.2 Å². The van der Waals surface area contributed by atoms with E-state index in [2.05, 4.69) is 0 Å². The molecule has 0 saturated heterocycles. The van der Waals surface area contributed by atoms with Crippen molar-refractivity contribution in [3.63, 3.8) is 0 Å². The van der Waals surface area contributed by atoms with Gasteiger partial charge in [-0.25, -0.2) is 0 Å². The smallest absolute Gasteiger partial charge is 0.416 e. The molecule has 2 N–H and O–H groups in total. The predicted octanol–water partition coefficient (Wildman–Crippen LogP) is 4.11. The maximum absolute atomic E-state index is 12.5. The number of anilines is 1. The van der Waals surface area contributed by atoms with Crippen LogP contribution in [0.2, 0.25) is 0 Å². The number of furan rings is 1. The van der Waals surface area contributed by atoms with Gasteiger partial charge in [0, 0.05) is 17.7 Å². The van der Waals surface area contributed by atoms with Crippen molar-refractivity contribution in [1.82, 2.24) is 0 Å². The lowest BCUT2D eigenvalue weighted by Crippen LogP contribution is -2.05. The van der Waals surface area contributed by atoms with E-state index in [1.54, 1.807) is 12.1 Å². The van der Waals surface area contributed by atoms with Crippen molar-refractivity contribution >= 4 is 5.69 Å². The molecule has 96 valence electrons. The molecule has 1 aromatic carbocycles. The van der Waals surface area contributed by atoms with Crippen molar-refractivity contribution in [3.8, 4) is 11.3 Å². The summed E-state index contributed by atoms with van der Waals surface area (Å²) in [6.45, 7) is 1.93. The van der Waals surface area contributed by atoms with Crippen molar-refractivity contribution in [1.29, 1.82) is 0 Å². The number of rotatable bonds is 2. The Labute approximate surface area is 102 Å². The Balaban J connectivity index is 2.41. The monoisotopic (exact) mass is 255 g/mol. The zero-order valence-corrected chi connectivity index (χ0v) is 9.71. The van der Waals surface area contributed by atoms with Crippen LogP contribution >= 0.6 is 0 Å². The maximum Gasteiger partial charge on any atom is 0.416 e. The Morgan fingerprint density at radius 1 is 1.17 bits per heavy atom. The van der Waals surface area contributed by atoms with Gasteiger partial charge in [0.15, 0.2) is 0 Å². The lowest BCUT2D eigenvalue weighted by atomic mass is 10.1. The molecule has 0 atom stereocenters. The molecule has 0 aliphatic heterocycles. The van der Waals surface area contributed by atoms with Crippen LogP contribution in [0.1, 0.15) is 18.2 Å². The van der Waals surface area contributed by atoms with Crippen LogP contribution in [-0.2, 0) is 12.6 Å². The first-order chi connectivity index (χ1) is 8.41. The quantitative estimate of drug-likeness (QED) is 0.820. The van der Waals surface area contributed by atoms with Crippen molar-refractivity contribution in [2.24, 2.45) is 0 Å². The van der Waals surface area contributed by atoms with E-state index < -0.39 is 11.7 Å². The van der Waals surface area contributed by atoms with Crippen molar-refractivity contribution in [2.75, 3.05) is 5.73 Å². The van der Waals surface area contributed by atoms with Gasteiger partial charge >= 0.3 is 6.18 Å². The standard InChI is InChI=1S/C13H12F3NO/c1-2-9-4-6-12(18-9)10-5-3-8(7-11(10)17)13(14,15)16/h3-7H,2,17H2,1H3. The van der Waals surface area contributed by atoms with Gasteiger partial charge in [-0.15, -0.1) is 0 Å². The van der Waals surface area contributed by atoms with Gasteiger partial charge in [-0.05, 0) is 30.3 Å².